The van der Waals surface area contributed by atoms with Crippen LogP contribution in [0.3, 0.4) is 0 Å². The van der Waals surface area contributed by atoms with Crippen molar-refractivity contribution in [2.45, 2.75) is 39.4 Å². The molecule has 0 spiro atoms. The van der Waals surface area contributed by atoms with Crippen LogP contribution in [0.4, 0.5) is 4.79 Å². The highest BCUT2D eigenvalue weighted by molar-refractivity contribution is 5.74. The first kappa shape index (κ1) is 23.1. The number of ether oxygens (including phenoxy) is 2. The van der Waals surface area contributed by atoms with E-state index in [1.807, 2.05) is 50.1 Å². The predicted molar refractivity (Wildman–Crippen MR) is 120 cm³/mol. The van der Waals surface area contributed by atoms with Crippen LogP contribution in [0, 0.1) is 0 Å². The van der Waals surface area contributed by atoms with E-state index in [-0.39, 0.29) is 11.6 Å². The maximum absolute atomic E-state index is 13.0. The van der Waals surface area contributed by atoms with Crippen LogP contribution in [-0.4, -0.2) is 77.4 Å². The van der Waals surface area contributed by atoms with Crippen molar-refractivity contribution in [1.29, 1.82) is 0 Å². The molecule has 1 aliphatic rings. The standard InChI is InChI=1S/C23H35N5O3/c1-23(2,3)25-22(29)28(11-10-26-12-14-31-15-13-26)18-21-24-8-9-27(21)17-19-6-5-7-20(16-19)30-4/h5-9,16H,10-15,17-18H2,1-4H3,(H,25,29). The largest absolute Gasteiger partial charge is 0.497 e. The number of urea groups is 1. The van der Waals surface area contributed by atoms with Gasteiger partial charge in [0.25, 0.3) is 0 Å². The minimum atomic E-state index is -0.301. The smallest absolute Gasteiger partial charge is 0.318 e. The van der Waals surface area contributed by atoms with Gasteiger partial charge in [-0.2, -0.15) is 0 Å². The van der Waals surface area contributed by atoms with Crippen molar-refractivity contribution in [3.05, 3.63) is 48.0 Å². The number of nitrogens with one attached hydrogen (secondary N) is 1. The highest BCUT2D eigenvalue weighted by atomic mass is 16.5. The van der Waals surface area contributed by atoms with Crippen LogP contribution >= 0.6 is 0 Å². The Bertz CT molecular complexity index is 840. The molecule has 1 fully saturated rings. The van der Waals surface area contributed by atoms with Gasteiger partial charge >= 0.3 is 6.03 Å². The highest BCUT2D eigenvalue weighted by Crippen LogP contribution is 2.15. The van der Waals surface area contributed by atoms with Crippen LogP contribution in [0.2, 0.25) is 0 Å². The van der Waals surface area contributed by atoms with E-state index in [2.05, 4.69) is 25.8 Å². The first-order valence-corrected chi connectivity index (χ1v) is 10.8. The number of amides is 2. The van der Waals surface area contributed by atoms with Crippen molar-refractivity contribution in [1.82, 2.24) is 24.7 Å². The molecule has 0 radical (unpaired) electrons. The van der Waals surface area contributed by atoms with Gasteiger partial charge in [-0.1, -0.05) is 12.1 Å². The lowest BCUT2D eigenvalue weighted by Gasteiger charge is -2.32. The molecule has 0 bridgehead atoms. The van der Waals surface area contributed by atoms with Crippen LogP contribution < -0.4 is 10.1 Å². The molecule has 0 aliphatic carbocycles. The average molecular weight is 430 g/mol. The molecule has 2 amide bonds. The van der Waals surface area contributed by atoms with Crippen LogP contribution in [0.1, 0.15) is 32.2 Å². The van der Waals surface area contributed by atoms with E-state index in [9.17, 15) is 4.79 Å². The maximum atomic E-state index is 13.0. The van der Waals surface area contributed by atoms with Gasteiger partial charge in [0.15, 0.2) is 0 Å². The number of benzene rings is 1. The van der Waals surface area contributed by atoms with Gasteiger partial charge in [0, 0.05) is 50.7 Å². The summed E-state index contributed by atoms with van der Waals surface area (Å²) < 4.78 is 12.9. The predicted octanol–water partition coefficient (Wildman–Crippen LogP) is 2.58. The number of carbonyl (C=O) groups excluding carboxylic acids is 1. The molecular formula is C23H35N5O3. The normalized spacial score (nSPS) is 15.0. The summed E-state index contributed by atoms with van der Waals surface area (Å²) in [5.74, 6) is 1.68. The summed E-state index contributed by atoms with van der Waals surface area (Å²) in [7, 11) is 1.67. The highest BCUT2D eigenvalue weighted by Gasteiger charge is 2.22. The number of imidazole rings is 1. The molecule has 8 nitrogen and oxygen atoms in total. The van der Waals surface area contributed by atoms with Gasteiger partial charge in [-0.05, 0) is 38.5 Å². The molecule has 1 aromatic carbocycles. The average Bonchev–Trinajstić information content (AvgIpc) is 3.17. The van der Waals surface area contributed by atoms with E-state index in [0.717, 1.165) is 50.0 Å². The van der Waals surface area contributed by atoms with E-state index in [1.54, 1.807) is 13.3 Å². The molecular weight excluding hydrogens is 394 g/mol. The number of nitrogens with zero attached hydrogens (tertiary/aromatic N) is 4. The lowest BCUT2D eigenvalue weighted by molar-refractivity contribution is 0.0344. The van der Waals surface area contributed by atoms with E-state index in [1.165, 1.54) is 0 Å². The van der Waals surface area contributed by atoms with Crippen molar-refractivity contribution in [2.24, 2.45) is 0 Å². The van der Waals surface area contributed by atoms with Gasteiger partial charge in [-0.15, -0.1) is 0 Å². The Morgan fingerprint density at radius 3 is 2.77 bits per heavy atom. The zero-order valence-electron chi connectivity index (χ0n) is 19.1. The molecule has 1 saturated heterocycles. The van der Waals surface area contributed by atoms with Crippen LogP contribution in [0.5, 0.6) is 5.75 Å². The molecule has 1 N–H and O–H groups in total. The second-order valence-electron chi connectivity index (χ2n) is 8.88. The first-order chi connectivity index (χ1) is 14.8. The number of methoxy groups -OCH3 is 1. The van der Waals surface area contributed by atoms with E-state index < -0.39 is 0 Å². The molecule has 0 atom stereocenters. The summed E-state index contributed by atoms with van der Waals surface area (Å²) in [4.78, 5) is 21.8. The minimum absolute atomic E-state index is 0.0725. The summed E-state index contributed by atoms with van der Waals surface area (Å²) in [6.45, 7) is 11.9. The fourth-order valence-corrected chi connectivity index (χ4v) is 3.51. The summed E-state index contributed by atoms with van der Waals surface area (Å²) in [5.41, 5.74) is 0.822. The lowest BCUT2D eigenvalue weighted by Crippen LogP contribution is -2.50. The fraction of sp³-hybridized carbons (Fsp3) is 0.565. The fourth-order valence-electron chi connectivity index (χ4n) is 3.51. The Morgan fingerprint density at radius 2 is 2.06 bits per heavy atom. The van der Waals surface area contributed by atoms with Gasteiger partial charge in [0.2, 0.25) is 0 Å². The van der Waals surface area contributed by atoms with Gasteiger partial charge in [0.1, 0.15) is 11.6 Å². The Morgan fingerprint density at radius 1 is 1.29 bits per heavy atom. The minimum Gasteiger partial charge on any atom is -0.497 e. The second-order valence-corrected chi connectivity index (χ2v) is 8.88. The van der Waals surface area contributed by atoms with E-state index in [0.29, 0.717) is 19.6 Å². The summed E-state index contributed by atoms with van der Waals surface area (Å²) in [6, 6.07) is 7.93. The number of hydrogen-bond donors (Lipinski definition) is 1. The molecule has 0 unspecified atom stereocenters. The monoisotopic (exact) mass is 429 g/mol. The third-order valence-corrected chi connectivity index (χ3v) is 5.18. The van der Waals surface area contributed by atoms with Gasteiger partial charge in [-0.3, -0.25) is 4.90 Å². The van der Waals surface area contributed by atoms with E-state index in [4.69, 9.17) is 9.47 Å². The Balaban J connectivity index is 1.70. The number of rotatable bonds is 8. The molecule has 8 heteroatoms. The maximum Gasteiger partial charge on any atom is 0.318 e. The van der Waals surface area contributed by atoms with Gasteiger partial charge < -0.3 is 24.3 Å². The quantitative estimate of drug-likeness (QED) is 0.698. The SMILES string of the molecule is COc1cccc(Cn2ccnc2CN(CCN2CCOCC2)C(=O)NC(C)(C)C)c1. The number of aromatic nitrogens is 2. The van der Waals surface area contributed by atoms with E-state index >= 15 is 0 Å². The Labute approximate surface area is 185 Å². The third-order valence-electron chi connectivity index (χ3n) is 5.18. The molecule has 2 heterocycles. The summed E-state index contributed by atoms with van der Waals surface area (Å²) >= 11 is 0. The van der Waals surface area contributed by atoms with Crippen LogP contribution in [0.15, 0.2) is 36.7 Å². The van der Waals surface area contributed by atoms with Crippen molar-refractivity contribution in [3.8, 4) is 5.75 Å². The second kappa shape index (κ2) is 10.6. The van der Waals surface area contributed by atoms with Gasteiger partial charge in [-0.25, -0.2) is 9.78 Å². The Hall–Kier alpha value is -2.58. The van der Waals surface area contributed by atoms with Crippen molar-refractivity contribution < 1.29 is 14.3 Å². The summed E-state index contributed by atoms with van der Waals surface area (Å²) in [6.07, 6.45) is 3.74. The zero-order valence-corrected chi connectivity index (χ0v) is 19.1. The molecule has 170 valence electrons. The molecule has 31 heavy (non-hydrogen) atoms. The number of carbonyl (C=O) groups is 1. The van der Waals surface area contributed by atoms with Crippen molar-refractivity contribution in [2.75, 3.05) is 46.5 Å². The molecule has 1 aromatic heterocycles. The first-order valence-electron chi connectivity index (χ1n) is 10.8. The van der Waals surface area contributed by atoms with Crippen molar-refractivity contribution >= 4 is 6.03 Å². The molecule has 0 saturated carbocycles. The van der Waals surface area contributed by atoms with Crippen molar-refractivity contribution in [3.63, 3.8) is 0 Å². The summed E-state index contributed by atoms with van der Waals surface area (Å²) in [5, 5.41) is 3.09. The number of morpholine rings is 1. The Kier molecular flexibility index (Phi) is 7.92. The molecule has 3 rings (SSSR count). The topological polar surface area (TPSA) is 71.9 Å². The van der Waals surface area contributed by atoms with Crippen LogP contribution in [0.25, 0.3) is 0 Å². The van der Waals surface area contributed by atoms with Gasteiger partial charge in [0.05, 0.1) is 26.9 Å². The molecule has 2 aromatic rings. The third kappa shape index (κ3) is 7.25. The van der Waals surface area contributed by atoms with Crippen LogP contribution in [-0.2, 0) is 17.8 Å². The number of hydrogen-bond acceptors (Lipinski definition) is 5. The molecule has 1 aliphatic heterocycles. The lowest BCUT2D eigenvalue weighted by atomic mass is 10.1. The zero-order chi connectivity index (χ0) is 22.3.